The number of piperazine rings is 1. The highest BCUT2D eigenvalue weighted by Crippen LogP contribution is 2.13. The average Bonchev–Trinajstić information content (AvgIpc) is 2.78. The van der Waals surface area contributed by atoms with Crippen LogP contribution in [0.1, 0.15) is 37.3 Å². The molecule has 0 aromatic heterocycles. The maximum Gasteiger partial charge on any atom is 0.191 e. The van der Waals surface area contributed by atoms with Gasteiger partial charge in [0.25, 0.3) is 0 Å². The van der Waals surface area contributed by atoms with Crippen molar-refractivity contribution in [2.45, 2.75) is 39.3 Å². The van der Waals surface area contributed by atoms with Crippen LogP contribution in [0, 0.1) is 0 Å². The lowest BCUT2D eigenvalue weighted by atomic mass is 10.1. The Kier molecular flexibility index (Phi) is 9.25. The van der Waals surface area contributed by atoms with Gasteiger partial charge in [-0.05, 0) is 43.6 Å². The summed E-state index contributed by atoms with van der Waals surface area (Å²) in [5, 5.41) is 6.99. The van der Waals surface area contributed by atoms with Crippen molar-refractivity contribution in [2.75, 3.05) is 66.0 Å². The Morgan fingerprint density at radius 1 is 0.862 bits per heavy atom. The second-order valence-corrected chi connectivity index (χ2v) is 8.23. The second-order valence-electron chi connectivity index (χ2n) is 8.23. The predicted octanol–water partition coefficient (Wildman–Crippen LogP) is 1.98. The Bertz CT molecular complexity index is 618. The van der Waals surface area contributed by atoms with Crippen LogP contribution in [0.25, 0.3) is 0 Å². The van der Waals surface area contributed by atoms with E-state index in [2.05, 4.69) is 61.5 Å². The lowest BCUT2D eigenvalue weighted by molar-refractivity contribution is 0.131. The predicted molar refractivity (Wildman–Crippen MR) is 122 cm³/mol. The van der Waals surface area contributed by atoms with Crippen LogP contribution in [0.5, 0.6) is 0 Å². The molecule has 0 unspecified atom stereocenters. The highest BCUT2D eigenvalue weighted by Gasteiger charge is 2.16. The maximum absolute atomic E-state index is 4.41. The van der Waals surface area contributed by atoms with Gasteiger partial charge in [0.1, 0.15) is 0 Å². The molecule has 2 heterocycles. The van der Waals surface area contributed by atoms with Gasteiger partial charge in [0.05, 0.1) is 0 Å². The van der Waals surface area contributed by atoms with Crippen LogP contribution in [0.3, 0.4) is 0 Å². The summed E-state index contributed by atoms with van der Waals surface area (Å²) in [6, 6.07) is 8.82. The highest BCUT2D eigenvalue weighted by atomic mass is 15.3. The fourth-order valence-corrected chi connectivity index (χ4v) is 4.30. The third-order valence-electron chi connectivity index (χ3n) is 6.26. The van der Waals surface area contributed by atoms with Crippen molar-refractivity contribution in [3.63, 3.8) is 0 Å². The van der Waals surface area contributed by atoms with Crippen LogP contribution in [-0.4, -0.2) is 86.6 Å². The summed E-state index contributed by atoms with van der Waals surface area (Å²) >= 11 is 0. The molecule has 2 N–H and O–H groups in total. The van der Waals surface area contributed by atoms with E-state index in [0.717, 1.165) is 51.8 Å². The van der Waals surface area contributed by atoms with E-state index in [4.69, 9.17) is 0 Å². The Morgan fingerprint density at radius 2 is 1.55 bits per heavy atom. The van der Waals surface area contributed by atoms with Gasteiger partial charge in [-0.3, -0.25) is 9.89 Å². The van der Waals surface area contributed by atoms with E-state index in [9.17, 15) is 0 Å². The number of benzene rings is 1. The average molecular weight is 401 g/mol. The van der Waals surface area contributed by atoms with Crippen molar-refractivity contribution < 1.29 is 0 Å². The first-order chi connectivity index (χ1) is 14.3. The van der Waals surface area contributed by atoms with E-state index in [-0.39, 0.29) is 0 Å². The first-order valence-corrected chi connectivity index (χ1v) is 11.5. The summed E-state index contributed by atoms with van der Waals surface area (Å²) in [5.41, 5.74) is 2.79. The molecule has 2 fully saturated rings. The minimum atomic E-state index is 0.814. The Hall–Kier alpha value is -1.63. The normalized spacial score (nSPS) is 20.0. The molecule has 6 heteroatoms. The zero-order valence-electron chi connectivity index (χ0n) is 18.5. The molecule has 0 amide bonds. The lowest BCUT2D eigenvalue weighted by Crippen LogP contribution is -2.45. The minimum Gasteiger partial charge on any atom is -0.355 e. The molecule has 162 valence electrons. The SMILES string of the molecule is CCN1CCN(Cc2ccccc2CNC(=NC)NCCN2CCCCC2)CC1. The maximum atomic E-state index is 4.41. The first-order valence-electron chi connectivity index (χ1n) is 11.5. The molecule has 2 saturated heterocycles. The highest BCUT2D eigenvalue weighted by molar-refractivity contribution is 5.79. The largest absolute Gasteiger partial charge is 0.355 e. The van der Waals surface area contributed by atoms with E-state index in [1.54, 1.807) is 0 Å². The van der Waals surface area contributed by atoms with Crippen LogP contribution in [0.2, 0.25) is 0 Å². The first kappa shape index (κ1) is 22.1. The standard InChI is InChI=1S/C23H40N6/c1-3-27-15-17-29(18-16-27)20-22-10-6-5-9-21(22)19-26-23(24-2)25-11-14-28-12-7-4-8-13-28/h5-6,9-10H,3-4,7-8,11-20H2,1-2H3,(H2,24,25,26). The second kappa shape index (κ2) is 12.2. The lowest BCUT2D eigenvalue weighted by Gasteiger charge is -2.34. The number of likely N-dealkylation sites (tertiary alicyclic amines) is 1. The van der Waals surface area contributed by atoms with E-state index >= 15 is 0 Å². The molecule has 3 rings (SSSR count). The number of aliphatic imine (C=N–C) groups is 1. The summed E-state index contributed by atoms with van der Waals surface area (Å²) in [6.07, 6.45) is 4.08. The number of nitrogens with one attached hydrogen (secondary N) is 2. The van der Waals surface area contributed by atoms with E-state index in [0.29, 0.717) is 0 Å². The third-order valence-corrected chi connectivity index (χ3v) is 6.26. The van der Waals surface area contributed by atoms with E-state index in [1.165, 1.54) is 56.6 Å². The topological polar surface area (TPSA) is 46.1 Å². The number of hydrogen-bond acceptors (Lipinski definition) is 4. The molecule has 1 aromatic carbocycles. The summed E-state index contributed by atoms with van der Waals surface area (Å²) in [5.74, 6) is 0.897. The zero-order chi connectivity index (χ0) is 20.3. The molecule has 29 heavy (non-hydrogen) atoms. The van der Waals surface area contributed by atoms with Crippen molar-refractivity contribution in [3.8, 4) is 0 Å². The molecule has 0 aliphatic carbocycles. The molecular formula is C23H40N6. The smallest absolute Gasteiger partial charge is 0.191 e. The minimum absolute atomic E-state index is 0.814. The van der Waals surface area contributed by atoms with Crippen LogP contribution >= 0.6 is 0 Å². The van der Waals surface area contributed by atoms with Crippen LogP contribution in [0.15, 0.2) is 29.3 Å². The Balaban J connectivity index is 1.44. The Labute approximate surface area is 177 Å². The van der Waals surface area contributed by atoms with E-state index < -0.39 is 0 Å². The molecular weight excluding hydrogens is 360 g/mol. The molecule has 0 saturated carbocycles. The van der Waals surface area contributed by atoms with Gasteiger partial charge in [-0.2, -0.15) is 0 Å². The van der Waals surface area contributed by atoms with Gasteiger partial charge in [0, 0.05) is 59.4 Å². The quantitative estimate of drug-likeness (QED) is 0.516. The van der Waals surface area contributed by atoms with Gasteiger partial charge >= 0.3 is 0 Å². The van der Waals surface area contributed by atoms with Crippen molar-refractivity contribution in [2.24, 2.45) is 4.99 Å². The fraction of sp³-hybridized carbons (Fsp3) is 0.696. The molecule has 0 radical (unpaired) electrons. The number of piperidine rings is 1. The molecule has 1 aromatic rings. The molecule has 2 aliphatic rings. The van der Waals surface area contributed by atoms with Crippen molar-refractivity contribution in [1.29, 1.82) is 0 Å². The van der Waals surface area contributed by atoms with E-state index in [1.807, 2.05) is 7.05 Å². The monoisotopic (exact) mass is 400 g/mol. The van der Waals surface area contributed by atoms with Gasteiger partial charge in [0.15, 0.2) is 5.96 Å². The molecule has 0 spiro atoms. The fourth-order valence-electron chi connectivity index (χ4n) is 4.30. The molecule has 0 atom stereocenters. The zero-order valence-corrected chi connectivity index (χ0v) is 18.5. The number of likely N-dealkylation sites (N-methyl/N-ethyl adjacent to an activating group) is 1. The van der Waals surface area contributed by atoms with Gasteiger partial charge < -0.3 is 20.4 Å². The van der Waals surface area contributed by atoms with Crippen LogP contribution in [-0.2, 0) is 13.1 Å². The van der Waals surface area contributed by atoms with Gasteiger partial charge in [-0.1, -0.05) is 37.6 Å². The molecule has 2 aliphatic heterocycles. The number of hydrogen-bond donors (Lipinski definition) is 2. The molecule has 6 nitrogen and oxygen atoms in total. The van der Waals surface area contributed by atoms with Gasteiger partial charge in [-0.25, -0.2) is 0 Å². The van der Waals surface area contributed by atoms with Crippen molar-refractivity contribution in [3.05, 3.63) is 35.4 Å². The van der Waals surface area contributed by atoms with Crippen molar-refractivity contribution >= 4 is 5.96 Å². The number of guanidine groups is 1. The Morgan fingerprint density at radius 3 is 2.24 bits per heavy atom. The number of nitrogens with zero attached hydrogens (tertiary/aromatic N) is 4. The third kappa shape index (κ3) is 7.28. The summed E-state index contributed by atoms with van der Waals surface area (Å²) in [4.78, 5) is 12.1. The van der Waals surface area contributed by atoms with Gasteiger partial charge in [-0.15, -0.1) is 0 Å². The number of rotatable bonds is 8. The van der Waals surface area contributed by atoms with Crippen LogP contribution < -0.4 is 10.6 Å². The molecule has 0 bridgehead atoms. The summed E-state index contributed by atoms with van der Waals surface area (Å²) < 4.78 is 0. The van der Waals surface area contributed by atoms with Crippen molar-refractivity contribution in [1.82, 2.24) is 25.3 Å². The summed E-state index contributed by atoms with van der Waals surface area (Å²) in [7, 11) is 1.86. The summed E-state index contributed by atoms with van der Waals surface area (Å²) in [6.45, 7) is 14.5. The van der Waals surface area contributed by atoms with Crippen LogP contribution in [0.4, 0.5) is 0 Å². The van der Waals surface area contributed by atoms with Gasteiger partial charge in [0.2, 0.25) is 0 Å².